The number of pyridine rings is 1. The monoisotopic (exact) mass is 558 g/mol. The third kappa shape index (κ3) is 5.39. The van der Waals surface area contributed by atoms with Gasteiger partial charge in [-0.15, -0.1) is 0 Å². The van der Waals surface area contributed by atoms with Gasteiger partial charge >= 0.3 is 0 Å². The van der Waals surface area contributed by atoms with Crippen LogP contribution < -0.4 is 15.0 Å². The van der Waals surface area contributed by atoms with Crippen molar-refractivity contribution in [1.29, 1.82) is 0 Å². The minimum Gasteiger partial charge on any atom is -0.480 e. The summed E-state index contributed by atoms with van der Waals surface area (Å²) >= 11 is 6.17. The van der Waals surface area contributed by atoms with Crippen molar-refractivity contribution in [3.05, 3.63) is 75.7 Å². The number of anilines is 1. The van der Waals surface area contributed by atoms with Crippen molar-refractivity contribution >= 4 is 44.0 Å². The molecule has 1 N–H and O–H groups in total. The average Bonchev–Trinajstić information content (AvgIpc) is 2.85. The number of nitrogens with one attached hydrogen (secondary N) is 1. The first-order chi connectivity index (χ1) is 17.9. The van der Waals surface area contributed by atoms with Gasteiger partial charge < -0.3 is 4.74 Å². The maximum atomic E-state index is 15.0. The molecule has 0 saturated carbocycles. The topological polar surface area (TPSA) is 120 Å². The summed E-state index contributed by atoms with van der Waals surface area (Å²) in [5.74, 6) is -1.29. The van der Waals surface area contributed by atoms with Gasteiger partial charge in [-0.25, -0.2) is 22.8 Å². The first kappa shape index (κ1) is 27.2. The summed E-state index contributed by atoms with van der Waals surface area (Å²) in [6.07, 6.45) is 2.58. The highest BCUT2D eigenvalue weighted by Crippen LogP contribution is 2.33. The van der Waals surface area contributed by atoms with Crippen molar-refractivity contribution in [3.8, 4) is 17.0 Å². The van der Waals surface area contributed by atoms with Gasteiger partial charge in [-0.1, -0.05) is 24.6 Å². The van der Waals surface area contributed by atoms with E-state index in [4.69, 9.17) is 16.3 Å². The fraction of sp³-hybridized carbons (Fsp3) is 0.231. The summed E-state index contributed by atoms with van der Waals surface area (Å²) < 4.78 is 50.1. The van der Waals surface area contributed by atoms with E-state index in [-0.39, 0.29) is 50.3 Å². The number of rotatable bonds is 8. The zero-order valence-electron chi connectivity index (χ0n) is 21.0. The molecule has 4 rings (SSSR count). The molecule has 1 atom stereocenters. The van der Waals surface area contributed by atoms with Gasteiger partial charge in [-0.05, 0) is 55.3 Å². The number of hydrogen-bond donors (Lipinski definition) is 1. The second-order valence-electron chi connectivity index (χ2n) is 8.89. The number of Topliss-reactive ketones (excluding diaryl/α,β-unsaturated/α-hetero) is 1. The third-order valence-corrected chi connectivity index (χ3v) is 7.89. The normalized spacial score (nSPS) is 12.4. The number of benzene rings is 2. The number of fused-ring (bicyclic) bond motifs is 1. The zero-order valence-corrected chi connectivity index (χ0v) is 22.5. The lowest BCUT2D eigenvalue weighted by Gasteiger charge is -2.14. The SMILES string of the molecule is COc1ncc(-c2cc(F)c3ncn(C[C@H](C)C(C)=O)c(=O)c3c2)cc1NS(=O)(=O)c1ccc(C)cc1Cl. The Labute approximate surface area is 223 Å². The summed E-state index contributed by atoms with van der Waals surface area (Å²) in [5, 5.41) is 0.0442. The van der Waals surface area contributed by atoms with E-state index < -0.39 is 27.3 Å². The fourth-order valence-electron chi connectivity index (χ4n) is 3.82. The van der Waals surface area contributed by atoms with E-state index in [2.05, 4.69) is 14.7 Å². The number of sulfonamides is 1. The lowest BCUT2D eigenvalue weighted by atomic mass is 10.0. The van der Waals surface area contributed by atoms with Crippen LogP contribution in [0, 0.1) is 18.7 Å². The number of hydrogen-bond acceptors (Lipinski definition) is 7. The number of carbonyl (C=O) groups is 1. The Hall–Kier alpha value is -3.83. The molecule has 0 aliphatic carbocycles. The zero-order chi connectivity index (χ0) is 27.8. The molecule has 0 radical (unpaired) electrons. The molecular weight excluding hydrogens is 535 g/mol. The molecule has 2 heterocycles. The number of carbonyl (C=O) groups excluding carboxylic acids is 1. The van der Waals surface area contributed by atoms with Crippen molar-refractivity contribution in [3.63, 3.8) is 0 Å². The van der Waals surface area contributed by atoms with Gasteiger partial charge in [0.15, 0.2) is 0 Å². The van der Waals surface area contributed by atoms with E-state index in [1.54, 1.807) is 19.9 Å². The molecule has 0 aliphatic rings. The molecule has 0 amide bonds. The number of methoxy groups -OCH3 is 1. The van der Waals surface area contributed by atoms with Gasteiger partial charge in [0.1, 0.15) is 27.7 Å². The summed E-state index contributed by atoms with van der Waals surface area (Å²) in [5.41, 5.74) is 0.711. The van der Waals surface area contributed by atoms with Gasteiger partial charge in [0.05, 0.1) is 23.8 Å². The van der Waals surface area contributed by atoms with Gasteiger partial charge in [0.2, 0.25) is 5.88 Å². The van der Waals surface area contributed by atoms with Crippen molar-refractivity contribution in [1.82, 2.24) is 14.5 Å². The summed E-state index contributed by atoms with van der Waals surface area (Å²) in [6.45, 7) is 4.99. The maximum Gasteiger partial charge on any atom is 0.263 e. The van der Waals surface area contributed by atoms with Crippen LogP contribution in [0.3, 0.4) is 0 Å². The van der Waals surface area contributed by atoms with Crippen molar-refractivity contribution in [2.75, 3.05) is 11.8 Å². The highest BCUT2D eigenvalue weighted by atomic mass is 35.5. The Balaban J connectivity index is 1.79. The minimum absolute atomic E-state index is 0.00244. The van der Waals surface area contributed by atoms with E-state index in [1.807, 2.05) is 0 Å². The molecule has 2 aromatic heterocycles. The maximum absolute atomic E-state index is 15.0. The summed E-state index contributed by atoms with van der Waals surface area (Å²) in [6, 6.07) is 8.56. The van der Waals surface area contributed by atoms with E-state index in [9.17, 15) is 18.0 Å². The van der Waals surface area contributed by atoms with Gasteiger partial charge in [0.25, 0.3) is 15.6 Å². The third-order valence-electron chi connectivity index (χ3n) is 6.04. The second kappa shape index (κ2) is 10.5. The Kier molecular flexibility index (Phi) is 7.52. The van der Waals surface area contributed by atoms with Crippen LogP contribution in [0.1, 0.15) is 19.4 Å². The van der Waals surface area contributed by atoms with Crippen LogP contribution in [0.2, 0.25) is 5.02 Å². The molecule has 38 heavy (non-hydrogen) atoms. The average molecular weight is 559 g/mol. The largest absolute Gasteiger partial charge is 0.480 e. The number of halogens is 2. The lowest BCUT2D eigenvalue weighted by molar-refractivity contribution is -0.120. The highest BCUT2D eigenvalue weighted by molar-refractivity contribution is 7.92. The molecule has 0 fully saturated rings. The van der Waals surface area contributed by atoms with Gasteiger partial charge in [0, 0.05) is 24.2 Å². The number of aryl methyl sites for hydroxylation is 1. The fourth-order valence-corrected chi connectivity index (χ4v) is 5.47. The Bertz CT molecular complexity index is 1740. The quantitative estimate of drug-likeness (QED) is 0.336. The second-order valence-corrected chi connectivity index (χ2v) is 10.9. The van der Waals surface area contributed by atoms with Crippen molar-refractivity contribution in [2.45, 2.75) is 32.2 Å². The van der Waals surface area contributed by atoms with Crippen molar-refractivity contribution < 1.29 is 22.3 Å². The smallest absolute Gasteiger partial charge is 0.263 e. The molecule has 198 valence electrons. The van der Waals surface area contributed by atoms with Crippen LogP contribution in [0.4, 0.5) is 10.1 Å². The Morgan fingerprint density at radius 1 is 1.18 bits per heavy atom. The van der Waals surface area contributed by atoms with Crippen LogP contribution in [0.15, 0.2) is 58.6 Å². The Morgan fingerprint density at radius 2 is 1.92 bits per heavy atom. The number of aromatic nitrogens is 3. The number of nitrogens with zero attached hydrogens (tertiary/aromatic N) is 3. The predicted molar refractivity (Wildman–Crippen MR) is 143 cm³/mol. The van der Waals surface area contributed by atoms with E-state index >= 15 is 4.39 Å². The molecule has 0 aliphatic heterocycles. The molecule has 4 aromatic rings. The van der Waals surface area contributed by atoms with Gasteiger partial charge in [-0.2, -0.15) is 0 Å². The minimum atomic E-state index is -4.13. The van der Waals surface area contributed by atoms with Crippen molar-refractivity contribution in [2.24, 2.45) is 5.92 Å². The molecule has 0 spiro atoms. The molecule has 2 aromatic carbocycles. The highest BCUT2D eigenvalue weighted by Gasteiger charge is 2.22. The first-order valence-corrected chi connectivity index (χ1v) is 13.3. The molecule has 12 heteroatoms. The van der Waals surface area contributed by atoms with E-state index in [1.165, 1.54) is 61.5 Å². The number of ether oxygens (including phenoxy) is 1. The Morgan fingerprint density at radius 3 is 2.58 bits per heavy atom. The lowest BCUT2D eigenvalue weighted by Crippen LogP contribution is -2.26. The number of ketones is 1. The van der Waals surface area contributed by atoms with Crippen LogP contribution in [-0.4, -0.2) is 35.8 Å². The van der Waals surface area contributed by atoms with Gasteiger partial charge in [-0.3, -0.25) is 18.9 Å². The van der Waals surface area contributed by atoms with Crippen LogP contribution in [0.5, 0.6) is 5.88 Å². The van der Waals surface area contributed by atoms with E-state index in [0.29, 0.717) is 5.56 Å². The predicted octanol–water partition coefficient (Wildman–Crippen LogP) is 4.59. The molecule has 0 saturated heterocycles. The van der Waals surface area contributed by atoms with E-state index in [0.717, 1.165) is 5.56 Å². The molecule has 0 unspecified atom stereocenters. The standard InChI is InChI=1S/C26H24ClFN4O5S/c1-14-5-6-23(20(27)7-14)38(35,36)31-22-10-18(11-29-25(22)37-4)17-8-19-24(21(28)9-17)30-13-32(26(19)34)12-15(2)16(3)33/h5-11,13,15,31H,12H2,1-4H3/t15-/m0/s1. The van der Waals surface area contributed by atoms with Crippen LogP contribution in [0.25, 0.3) is 22.0 Å². The summed E-state index contributed by atoms with van der Waals surface area (Å²) in [7, 11) is -2.81. The molecule has 9 nitrogen and oxygen atoms in total. The van der Waals surface area contributed by atoms with Crippen LogP contribution >= 0.6 is 11.6 Å². The molecule has 0 bridgehead atoms. The van der Waals surface area contributed by atoms with Crippen LogP contribution in [-0.2, 0) is 21.4 Å². The summed E-state index contributed by atoms with van der Waals surface area (Å²) in [4.78, 5) is 32.8. The molecular formula is C26H24ClFN4O5S. The first-order valence-electron chi connectivity index (χ1n) is 11.4.